The van der Waals surface area contributed by atoms with Crippen molar-refractivity contribution in [3.05, 3.63) is 23.8 Å². The maximum absolute atomic E-state index is 13.8. The van der Waals surface area contributed by atoms with Crippen molar-refractivity contribution in [3.63, 3.8) is 0 Å². The molecule has 2 rings (SSSR count). The predicted molar refractivity (Wildman–Crippen MR) is 65.7 cm³/mol. The van der Waals surface area contributed by atoms with E-state index in [1.165, 1.54) is 4.90 Å². The third-order valence-corrected chi connectivity index (χ3v) is 3.39. The molecule has 20 heavy (non-hydrogen) atoms. The normalized spacial score (nSPS) is 15.8. The topological polar surface area (TPSA) is 42.4 Å². The number of anilines is 1. The van der Waals surface area contributed by atoms with Crippen molar-refractivity contribution >= 4 is 11.7 Å². The molecule has 1 aliphatic rings. The number of hydrogen-bond donors (Lipinski definition) is 0. The van der Waals surface area contributed by atoms with E-state index in [-0.39, 0.29) is 13.2 Å². The Labute approximate surface area is 114 Å². The molecule has 0 N–H and O–H groups in total. The highest BCUT2D eigenvalue weighted by atomic mass is 19.2. The van der Waals surface area contributed by atoms with Gasteiger partial charge in [-0.2, -0.15) is 8.78 Å². The van der Waals surface area contributed by atoms with Crippen molar-refractivity contribution in [2.45, 2.75) is 32.2 Å². The summed E-state index contributed by atoms with van der Waals surface area (Å²) in [7, 11) is 0. The van der Waals surface area contributed by atoms with Crippen LogP contribution in [0.15, 0.2) is 6.20 Å². The van der Waals surface area contributed by atoms with E-state index in [1.54, 1.807) is 13.8 Å². The largest absolute Gasteiger partial charge is 0.464 e. The van der Waals surface area contributed by atoms with Crippen LogP contribution in [-0.4, -0.2) is 29.6 Å². The molecule has 0 aromatic carbocycles. The fourth-order valence-corrected chi connectivity index (χ4v) is 2.32. The van der Waals surface area contributed by atoms with Gasteiger partial charge in [0.2, 0.25) is 5.82 Å². The predicted octanol–water partition coefficient (Wildman–Crippen LogP) is 2.42. The molecule has 1 saturated carbocycles. The van der Waals surface area contributed by atoms with Crippen molar-refractivity contribution < 1.29 is 22.7 Å². The minimum Gasteiger partial charge on any atom is -0.464 e. The van der Waals surface area contributed by atoms with Crippen LogP contribution in [0.3, 0.4) is 0 Å². The first-order valence-electron chi connectivity index (χ1n) is 6.42. The second kappa shape index (κ2) is 5.30. The molecule has 0 unspecified atom stereocenters. The van der Waals surface area contributed by atoms with Crippen molar-refractivity contribution in [1.29, 1.82) is 0 Å². The van der Waals surface area contributed by atoms with E-state index in [0.717, 1.165) is 0 Å². The highest BCUT2D eigenvalue weighted by molar-refractivity contribution is 5.89. The molecule has 0 atom stereocenters. The van der Waals surface area contributed by atoms with Crippen molar-refractivity contribution in [2.75, 3.05) is 18.1 Å². The Hall–Kier alpha value is -1.79. The van der Waals surface area contributed by atoms with Gasteiger partial charge in [-0.05, 0) is 26.7 Å². The number of halogens is 3. The highest BCUT2D eigenvalue weighted by Crippen LogP contribution is 2.46. The minimum atomic E-state index is -1.39. The first-order chi connectivity index (χ1) is 9.47. The summed E-state index contributed by atoms with van der Waals surface area (Å²) in [5.41, 5.74) is -1.66. The summed E-state index contributed by atoms with van der Waals surface area (Å²) >= 11 is 0. The fraction of sp³-hybridized carbons (Fsp3) is 0.538. The molecule has 1 aromatic rings. The SMILES string of the molecule is CCOC(=O)C1(N(CC)c2c(F)cnc(F)c2F)CC1. The Morgan fingerprint density at radius 2 is 2.05 bits per heavy atom. The first-order valence-corrected chi connectivity index (χ1v) is 6.42. The number of carbonyl (C=O) groups is 1. The molecule has 0 saturated heterocycles. The summed E-state index contributed by atoms with van der Waals surface area (Å²) in [6.07, 6.45) is 1.45. The van der Waals surface area contributed by atoms with E-state index < -0.39 is 34.8 Å². The zero-order chi connectivity index (χ0) is 14.9. The quantitative estimate of drug-likeness (QED) is 0.616. The minimum absolute atomic E-state index is 0.149. The second-order valence-corrected chi connectivity index (χ2v) is 4.56. The van der Waals surface area contributed by atoms with Gasteiger partial charge in [0, 0.05) is 6.54 Å². The number of likely N-dealkylation sites (N-methyl/N-ethyl adjacent to an activating group) is 1. The van der Waals surface area contributed by atoms with E-state index in [4.69, 9.17) is 4.74 Å². The summed E-state index contributed by atoms with van der Waals surface area (Å²) in [5.74, 6) is -4.32. The van der Waals surface area contributed by atoms with E-state index >= 15 is 0 Å². The lowest BCUT2D eigenvalue weighted by atomic mass is 10.2. The fourth-order valence-electron chi connectivity index (χ4n) is 2.32. The van der Waals surface area contributed by atoms with Gasteiger partial charge in [0.05, 0.1) is 12.8 Å². The number of rotatable bonds is 5. The van der Waals surface area contributed by atoms with E-state index in [0.29, 0.717) is 19.0 Å². The molecular formula is C13H15F3N2O2. The molecule has 7 heteroatoms. The van der Waals surface area contributed by atoms with Gasteiger partial charge in [-0.25, -0.2) is 14.2 Å². The van der Waals surface area contributed by atoms with Gasteiger partial charge in [-0.1, -0.05) is 0 Å². The van der Waals surface area contributed by atoms with Gasteiger partial charge >= 0.3 is 5.97 Å². The van der Waals surface area contributed by atoms with Gasteiger partial charge in [0.25, 0.3) is 5.95 Å². The number of aromatic nitrogens is 1. The second-order valence-electron chi connectivity index (χ2n) is 4.56. The number of esters is 1. The van der Waals surface area contributed by atoms with Gasteiger partial charge in [0.15, 0.2) is 5.82 Å². The lowest BCUT2D eigenvalue weighted by molar-refractivity contribution is -0.145. The maximum Gasteiger partial charge on any atom is 0.331 e. The Bertz CT molecular complexity index is 533. The molecular weight excluding hydrogens is 273 g/mol. The lowest BCUT2D eigenvalue weighted by Crippen LogP contribution is -2.45. The van der Waals surface area contributed by atoms with Crippen molar-refractivity contribution in [2.24, 2.45) is 0 Å². The number of ether oxygens (including phenoxy) is 1. The van der Waals surface area contributed by atoms with Crippen LogP contribution in [0, 0.1) is 17.6 Å². The number of nitrogens with zero attached hydrogens (tertiary/aromatic N) is 2. The van der Waals surface area contributed by atoms with Gasteiger partial charge < -0.3 is 9.64 Å². The molecule has 1 aliphatic carbocycles. The molecule has 110 valence electrons. The van der Waals surface area contributed by atoms with Crippen LogP contribution in [0.5, 0.6) is 0 Å². The van der Waals surface area contributed by atoms with Crippen molar-refractivity contribution in [1.82, 2.24) is 4.98 Å². The Kier molecular flexibility index (Phi) is 3.87. The average molecular weight is 288 g/mol. The first kappa shape index (κ1) is 14.6. The third kappa shape index (κ3) is 2.21. The van der Waals surface area contributed by atoms with Crippen molar-refractivity contribution in [3.8, 4) is 0 Å². The van der Waals surface area contributed by atoms with Gasteiger partial charge in [0.1, 0.15) is 11.2 Å². The summed E-state index contributed by atoms with van der Waals surface area (Å²) in [6.45, 7) is 3.61. The number of hydrogen-bond acceptors (Lipinski definition) is 4. The molecule has 0 amide bonds. The monoisotopic (exact) mass is 288 g/mol. The Morgan fingerprint density at radius 1 is 1.40 bits per heavy atom. The Morgan fingerprint density at radius 3 is 2.55 bits per heavy atom. The average Bonchev–Trinajstić information content (AvgIpc) is 3.21. The van der Waals surface area contributed by atoms with E-state index in [2.05, 4.69) is 4.98 Å². The molecule has 1 aromatic heterocycles. The van der Waals surface area contributed by atoms with Crippen LogP contribution in [-0.2, 0) is 9.53 Å². The van der Waals surface area contributed by atoms with Crippen LogP contribution in [0.1, 0.15) is 26.7 Å². The van der Waals surface area contributed by atoms with Crippen LogP contribution in [0.4, 0.5) is 18.9 Å². The number of pyridine rings is 1. The molecule has 1 heterocycles. The maximum atomic E-state index is 13.8. The molecule has 0 spiro atoms. The molecule has 0 aliphatic heterocycles. The summed E-state index contributed by atoms with van der Waals surface area (Å²) < 4.78 is 45.8. The summed E-state index contributed by atoms with van der Waals surface area (Å²) in [4.78, 5) is 16.2. The smallest absolute Gasteiger partial charge is 0.331 e. The van der Waals surface area contributed by atoms with Gasteiger partial charge in [-0.15, -0.1) is 0 Å². The zero-order valence-electron chi connectivity index (χ0n) is 11.3. The summed E-state index contributed by atoms with van der Waals surface area (Å²) in [5, 5.41) is 0. The molecule has 0 radical (unpaired) electrons. The van der Waals surface area contributed by atoms with Crippen LogP contribution < -0.4 is 4.90 Å². The molecule has 4 nitrogen and oxygen atoms in total. The van der Waals surface area contributed by atoms with E-state index in [1.807, 2.05) is 0 Å². The summed E-state index contributed by atoms with van der Waals surface area (Å²) in [6, 6.07) is 0. The lowest BCUT2D eigenvalue weighted by Gasteiger charge is -2.31. The Balaban J connectivity index is 2.44. The number of carbonyl (C=O) groups excluding carboxylic acids is 1. The molecule has 1 fully saturated rings. The standard InChI is InChI=1S/C13H15F3N2O2/c1-3-18(13(5-6-13)12(19)20-4-2)10-8(14)7-17-11(16)9(10)15/h7H,3-6H2,1-2H3. The van der Waals surface area contributed by atoms with Gasteiger partial charge in [-0.3, -0.25) is 0 Å². The molecule has 0 bridgehead atoms. The van der Waals surface area contributed by atoms with Crippen LogP contribution >= 0.6 is 0 Å². The highest BCUT2D eigenvalue weighted by Gasteiger charge is 2.57. The zero-order valence-corrected chi connectivity index (χ0v) is 11.3. The van der Waals surface area contributed by atoms with Crippen LogP contribution in [0.25, 0.3) is 0 Å². The van der Waals surface area contributed by atoms with Crippen LogP contribution in [0.2, 0.25) is 0 Å². The third-order valence-electron chi connectivity index (χ3n) is 3.39. The van der Waals surface area contributed by atoms with E-state index in [9.17, 15) is 18.0 Å².